The van der Waals surface area contributed by atoms with Crippen molar-refractivity contribution in [3.63, 3.8) is 0 Å². The standard InChI is InChI=1S/C13H17Cl2NO/c1-8(2)13(17)5-10(7-16)9-3-11(14)6-12(15)4-9/h3-4,6,8,10H,5,7,16H2,1-2H3/t10-/m0/s1. The second-order valence-corrected chi connectivity index (χ2v) is 5.33. The highest BCUT2D eigenvalue weighted by Gasteiger charge is 2.17. The fourth-order valence-electron chi connectivity index (χ4n) is 1.63. The first-order valence-electron chi connectivity index (χ1n) is 5.62. The number of Topliss-reactive ketones (excluding diaryl/α,β-unsaturated/α-hetero) is 1. The summed E-state index contributed by atoms with van der Waals surface area (Å²) in [5.74, 6) is 0.219. The van der Waals surface area contributed by atoms with Crippen LogP contribution in [0.2, 0.25) is 10.0 Å². The molecule has 0 aliphatic carbocycles. The molecular formula is C13H17Cl2NO. The Hall–Kier alpha value is -0.570. The number of benzene rings is 1. The Kier molecular flexibility index (Phi) is 5.44. The van der Waals surface area contributed by atoms with Crippen LogP contribution in [0.5, 0.6) is 0 Å². The van der Waals surface area contributed by atoms with Gasteiger partial charge in [0.15, 0.2) is 0 Å². The molecule has 0 aliphatic heterocycles. The Balaban J connectivity index is 2.89. The van der Waals surface area contributed by atoms with E-state index in [0.29, 0.717) is 23.0 Å². The number of nitrogens with two attached hydrogens (primary N) is 1. The lowest BCUT2D eigenvalue weighted by molar-refractivity contribution is -0.122. The van der Waals surface area contributed by atoms with E-state index < -0.39 is 0 Å². The molecular weight excluding hydrogens is 257 g/mol. The van der Waals surface area contributed by atoms with Gasteiger partial charge >= 0.3 is 0 Å². The maximum Gasteiger partial charge on any atom is 0.136 e. The van der Waals surface area contributed by atoms with E-state index in [-0.39, 0.29) is 17.6 Å². The van der Waals surface area contributed by atoms with Gasteiger partial charge in [0.1, 0.15) is 5.78 Å². The van der Waals surface area contributed by atoms with Gasteiger partial charge in [0.05, 0.1) is 0 Å². The van der Waals surface area contributed by atoms with Gasteiger partial charge in [-0.05, 0) is 30.3 Å². The van der Waals surface area contributed by atoms with Crippen LogP contribution in [0, 0.1) is 5.92 Å². The van der Waals surface area contributed by atoms with Gasteiger partial charge in [0, 0.05) is 28.3 Å². The highest BCUT2D eigenvalue weighted by Crippen LogP contribution is 2.27. The van der Waals surface area contributed by atoms with E-state index in [4.69, 9.17) is 28.9 Å². The van der Waals surface area contributed by atoms with E-state index >= 15 is 0 Å². The van der Waals surface area contributed by atoms with Crippen LogP contribution in [0.15, 0.2) is 18.2 Å². The summed E-state index contributed by atoms with van der Waals surface area (Å²) in [6, 6.07) is 5.31. The minimum absolute atomic E-state index is 0.0129. The second kappa shape index (κ2) is 6.39. The number of carbonyl (C=O) groups excluding carboxylic acids is 1. The first kappa shape index (κ1) is 14.5. The van der Waals surface area contributed by atoms with Crippen molar-refractivity contribution in [3.8, 4) is 0 Å². The smallest absolute Gasteiger partial charge is 0.136 e. The van der Waals surface area contributed by atoms with Crippen LogP contribution < -0.4 is 5.73 Å². The predicted octanol–water partition coefficient (Wildman–Crippen LogP) is 3.65. The van der Waals surface area contributed by atoms with Gasteiger partial charge in [-0.1, -0.05) is 37.0 Å². The summed E-state index contributed by atoms with van der Waals surface area (Å²) in [6.45, 7) is 4.19. The SMILES string of the molecule is CC(C)C(=O)C[C@@H](CN)c1cc(Cl)cc(Cl)c1. The minimum atomic E-state index is -0.0129. The van der Waals surface area contributed by atoms with Crippen molar-refractivity contribution in [3.05, 3.63) is 33.8 Å². The fourth-order valence-corrected chi connectivity index (χ4v) is 2.17. The Bertz CT molecular complexity index is 384. The summed E-state index contributed by atoms with van der Waals surface area (Å²) in [5.41, 5.74) is 6.64. The Morgan fingerprint density at radius 1 is 1.24 bits per heavy atom. The summed E-state index contributed by atoms with van der Waals surface area (Å²) in [5, 5.41) is 1.14. The lowest BCUT2D eigenvalue weighted by atomic mass is 9.90. The lowest BCUT2D eigenvalue weighted by Crippen LogP contribution is -2.19. The monoisotopic (exact) mass is 273 g/mol. The average molecular weight is 274 g/mol. The predicted molar refractivity (Wildman–Crippen MR) is 72.7 cm³/mol. The molecule has 1 rings (SSSR count). The van der Waals surface area contributed by atoms with Crippen LogP contribution in [0.4, 0.5) is 0 Å². The molecule has 0 radical (unpaired) electrons. The van der Waals surface area contributed by atoms with Crippen molar-refractivity contribution in [1.82, 2.24) is 0 Å². The first-order valence-corrected chi connectivity index (χ1v) is 6.38. The van der Waals surface area contributed by atoms with Gasteiger partial charge in [0.2, 0.25) is 0 Å². The average Bonchev–Trinajstić information content (AvgIpc) is 2.23. The van der Waals surface area contributed by atoms with Gasteiger partial charge in [-0.25, -0.2) is 0 Å². The number of hydrogen-bond acceptors (Lipinski definition) is 2. The molecule has 0 heterocycles. The normalized spacial score (nSPS) is 12.8. The zero-order chi connectivity index (χ0) is 13.0. The molecule has 0 saturated carbocycles. The molecule has 1 aromatic rings. The molecule has 0 bridgehead atoms. The van der Waals surface area contributed by atoms with Crippen LogP contribution in [0.1, 0.15) is 31.7 Å². The zero-order valence-corrected chi connectivity index (χ0v) is 11.6. The summed E-state index contributed by atoms with van der Waals surface area (Å²) in [4.78, 5) is 11.7. The number of hydrogen-bond donors (Lipinski definition) is 1. The molecule has 4 heteroatoms. The topological polar surface area (TPSA) is 43.1 Å². The largest absolute Gasteiger partial charge is 0.330 e. The van der Waals surface area contributed by atoms with Crippen LogP contribution >= 0.6 is 23.2 Å². The van der Waals surface area contributed by atoms with E-state index in [1.807, 2.05) is 26.0 Å². The van der Waals surface area contributed by atoms with Crippen LogP contribution in [0.25, 0.3) is 0 Å². The number of rotatable bonds is 5. The molecule has 0 spiro atoms. The van der Waals surface area contributed by atoms with E-state index in [1.54, 1.807) is 6.07 Å². The van der Waals surface area contributed by atoms with Gasteiger partial charge < -0.3 is 5.73 Å². The zero-order valence-electron chi connectivity index (χ0n) is 10.0. The molecule has 0 saturated heterocycles. The van der Waals surface area contributed by atoms with Crippen molar-refractivity contribution in [2.45, 2.75) is 26.2 Å². The maximum absolute atomic E-state index is 11.7. The van der Waals surface area contributed by atoms with Gasteiger partial charge in [-0.15, -0.1) is 0 Å². The third-order valence-electron chi connectivity index (χ3n) is 2.73. The fraction of sp³-hybridized carbons (Fsp3) is 0.462. The van der Waals surface area contributed by atoms with Gasteiger partial charge in [0.25, 0.3) is 0 Å². The second-order valence-electron chi connectivity index (χ2n) is 4.46. The van der Waals surface area contributed by atoms with Crippen molar-refractivity contribution in [1.29, 1.82) is 0 Å². The molecule has 2 N–H and O–H groups in total. The maximum atomic E-state index is 11.7. The molecule has 0 unspecified atom stereocenters. The van der Waals surface area contributed by atoms with Crippen molar-refractivity contribution < 1.29 is 4.79 Å². The van der Waals surface area contributed by atoms with Gasteiger partial charge in [-0.2, -0.15) is 0 Å². The third-order valence-corrected chi connectivity index (χ3v) is 3.17. The molecule has 1 aromatic carbocycles. The summed E-state index contributed by atoms with van der Waals surface area (Å²) in [7, 11) is 0. The van der Waals surface area contributed by atoms with Crippen LogP contribution in [0.3, 0.4) is 0 Å². The first-order chi connectivity index (χ1) is 7.93. The number of halogens is 2. The molecule has 0 amide bonds. The highest BCUT2D eigenvalue weighted by atomic mass is 35.5. The lowest BCUT2D eigenvalue weighted by Gasteiger charge is -2.16. The Labute approximate surface area is 112 Å². The van der Waals surface area contributed by atoms with Gasteiger partial charge in [-0.3, -0.25) is 4.79 Å². The molecule has 1 atom stereocenters. The molecule has 0 fully saturated rings. The highest BCUT2D eigenvalue weighted by molar-refractivity contribution is 6.34. The van der Waals surface area contributed by atoms with E-state index in [1.165, 1.54) is 0 Å². The van der Waals surface area contributed by atoms with Crippen LogP contribution in [-0.4, -0.2) is 12.3 Å². The minimum Gasteiger partial charge on any atom is -0.330 e. The molecule has 2 nitrogen and oxygen atoms in total. The molecule has 94 valence electrons. The van der Waals surface area contributed by atoms with E-state index in [0.717, 1.165) is 5.56 Å². The van der Waals surface area contributed by atoms with Crippen molar-refractivity contribution in [2.75, 3.05) is 6.54 Å². The van der Waals surface area contributed by atoms with E-state index in [9.17, 15) is 4.79 Å². The number of ketones is 1. The molecule has 0 aromatic heterocycles. The number of carbonyl (C=O) groups is 1. The third kappa shape index (κ3) is 4.30. The Morgan fingerprint density at radius 2 is 1.76 bits per heavy atom. The summed E-state index contributed by atoms with van der Waals surface area (Å²) in [6.07, 6.45) is 0.435. The van der Waals surface area contributed by atoms with Crippen LogP contribution in [-0.2, 0) is 4.79 Å². The van der Waals surface area contributed by atoms with E-state index in [2.05, 4.69) is 0 Å². The molecule has 17 heavy (non-hydrogen) atoms. The quantitative estimate of drug-likeness (QED) is 0.890. The summed E-state index contributed by atoms with van der Waals surface area (Å²) >= 11 is 11.9. The summed E-state index contributed by atoms with van der Waals surface area (Å²) < 4.78 is 0. The molecule has 0 aliphatic rings. The van der Waals surface area contributed by atoms with Crippen molar-refractivity contribution in [2.24, 2.45) is 11.7 Å². The van der Waals surface area contributed by atoms with Crippen molar-refractivity contribution >= 4 is 29.0 Å². The Morgan fingerprint density at radius 3 is 2.18 bits per heavy atom.